The van der Waals surface area contributed by atoms with E-state index in [2.05, 4.69) is 49.9 Å². The highest BCUT2D eigenvalue weighted by Crippen LogP contribution is 2.33. The zero-order valence-electron chi connectivity index (χ0n) is 8.29. The van der Waals surface area contributed by atoms with Crippen molar-refractivity contribution in [2.75, 3.05) is 0 Å². The first-order chi connectivity index (χ1) is 6.27. The Balaban J connectivity index is 2.20. The van der Waals surface area contributed by atoms with E-state index < -0.39 is 0 Å². The summed E-state index contributed by atoms with van der Waals surface area (Å²) in [5.41, 5.74) is 3.12. The zero-order chi connectivity index (χ0) is 9.26. The molecule has 1 aliphatic rings. The third-order valence-corrected chi connectivity index (χ3v) is 4.35. The maximum Gasteiger partial charge on any atom is 0.0190 e. The molecule has 0 N–H and O–H groups in total. The van der Waals surface area contributed by atoms with E-state index in [0.29, 0.717) is 0 Å². The summed E-state index contributed by atoms with van der Waals surface area (Å²) in [6, 6.07) is 8.85. The summed E-state index contributed by atoms with van der Waals surface area (Å²) >= 11 is 2.11. The van der Waals surface area contributed by atoms with Gasteiger partial charge in [-0.3, -0.25) is 0 Å². The molecular weight excluding hydrogens is 176 g/mol. The van der Waals surface area contributed by atoms with Crippen LogP contribution in [0.15, 0.2) is 24.3 Å². The summed E-state index contributed by atoms with van der Waals surface area (Å²) in [7, 11) is 0. The summed E-state index contributed by atoms with van der Waals surface area (Å²) < 4.78 is 0. The van der Waals surface area contributed by atoms with Gasteiger partial charge in [-0.05, 0) is 23.5 Å². The Bertz CT molecular complexity index is 291. The second-order valence-corrected chi connectivity index (χ2v) is 5.29. The monoisotopic (exact) mass is 192 g/mol. The van der Waals surface area contributed by atoms with E-state index in [1.807, 2.05) is 0 Å². The van der Waals surface area contributed by atoms with Gasteiger partial charge in [0.1, 0.15) is 0 Å². The van der Waals surface area contributed by atoms with Gasteiger partial charge in [-0.1, -0.05) is 38.1 Å². The molecule has 1 aromatic carbocycles. The summed E-state index contributed by atoms with van der Waals surface area (Å²) in [4.78, 5) is 0. The van der Waals surface area contributed by atoms with Crippen molar-refractivity contribution < 1.29 is 0 Å². The number of fused-ring (bicyclic) bond motifs is 1. The van der Waals surface area contributed by atoms with E-state index in [1.165, 1.54) is 12.2 Å². The van der Waals surface area contributed by atoms with E-state index in [1.54, 1.807) is 11.1 Å². The van der Waals surface area contributed by atoms with Gasteiger partial charge in [-0.2, -0.15) is 11.8 Å². The van der Waals surface area contributed by atoms with Crippen LogP contribution in [0.4, 0.5) is 0 Å². The topological polar surface area (TPSA) is 0 Å². The van der Waals surface area contributed by atoms with Gasteiger partial charge >= 0.3 is 0 Å². The minimum atomic E-state index is 0.804. The van der Waals surface area contributed by atoms with Crippen molar-refractivity contribution in [2.45, 2.75) is 31.3 Å². The minimum Gasteiger partial charge on any atom is -0.153 e. The first-order valence-electron chi connectivity index (χ1n) is 4.96. The van der Waals surface area contributed by atoms with Crippen LogP contribution in [0.2, 0.25) is 0 Å². The lowest BCUT2D eigenvalue weighted by atomic mass is 9.98. The van der Waals surface area contributed by atoms with Crippen LogP contribution in [0, 0.1) is 5.92 Å². The average Bonchev–Trinajstić information content (AvgIpc) is 2.17. The van der Waals surface area contributed by atoms with Crippen molar-refractivity contribution in [1.29, 1.82) is 0 Å². The minimum absolute atomic E-state index is 0.804. The van der Waals surface area contributed by atoms with Gasteiger partial charge in [-0.15, -0.1) is 0 Å². The number of hydrogen-bond donors (Lipinski definition) is 0. The molecule has 0 aromatic heterocycles. The van der Waals surface area contributed by atoms with Crippen molar-refractivity contribution in [3.05, 3.63) is 35.4 Å². The fourth-order valence-corrected chi connectivity index (χ4v) is 3.16. The fourth-order valence-electron chi connectivity index (χ4n) is 1.80. The third-order valence-electron chi connectivity index (χ3n) is 2.74. The van der Waals surface area contributed by atoms with Crippen LogP contribution in [-0.4, -0.2) is 5.25 Å². The maximum absolute atomic E-state index is 2.33. The van der Waals surface area contributed by atoms with Gasteiger partial charge in [0.05, 0.1) is 0 Å². The second-order valence-electron chi connectivity index (χ2n) is 4.07. The zero-order valence-corrected chi connectivity index (χ0v) is 9.10. The molecule has 70 valence electrons. The normalized spacial score (nSPS) is 21.6. The molecule has 13 heavy (non-hydrogen) atoms. The predicted octanol–water partition coefficient (Wildman–Crippen LogP) is 3.50. The van der Waals surface area contributed by atoms with Gasteiger partial charge < -0.3 is 0 Å². The van der Waals surface area contributed by atoms with E-state index in [-0.39, 0.29) is 0 Å². The van der Waals surface area contributed by atoms with Crippen molar-refractivity contribution in [3.63, 3.8) is 0 Å². The van der Waals surface area contributed by atoms with Crippen molar-refractivity contribution in [2.24, 2.45) is 5.92 Å². The molecule has 0 spiro atoms. The van der Waals surface area contributed by atoms with E-state index >= 15 is 0 Å². The van der Waals surface area contributed by atoms with Crippen molar-refractivity contribution in [3.8, 4) is 0 Å². The highest BCUT2D eigenvalue weighted by molar-refractivity contribution is 7.99. The molecular formula is C12H16S. The lowest BCUT2D eigenvalue weighted by Gasteiger charge is -2.26. The Labute approximate surface area is 84.7 Å². The highest BCUT2D eigenvalue weighted by Gasteiger charge is 2.20. The van der Waals surface area contributed by atoms with Gasteiger partial charge in [0.15, 0.2) is 0 Å². The van der Waals surface area contributed by atoms with Crippen LogP contribution in [-0.2, 0) is 12.2 Å². The molecule has 1 aromatic rings. The Morgan fingerprint density at radius 3 is 2.62 bits per heavy atom. The summed E-state index contributed by atoms with van der Waals surface area (Å²) in [5, 5.41) is 0.829. The van der Waals surface area contributed by atoms with Crippen molar-refractivity contribution in [1.82, 2.24) is 0 Å². The highest BCUT2D eigenvalue weighted by atomic mass is 32.2. The van der Waals surface area contributed by atoms with E-state index in [9.17, 15) is 0 Å². The predicted molar refractivity (Wildman–Crippen MR) is 60.1 cm³/mol. The molecule has 1 atom stereocenters. The molecule has 0 nitrogen and oxygen atoms in total. The van der Waals surface area contributed by atoms with Crippen LogP contribution in [0.5, 0.6) is 0 Å². The molecule has 1 heterocycles. The van der Waals surface area contributed by atoms with Crippen LogP contribution in [0.1, 0.15) is 25.0 Å². The molecule has 1 heteroatoms. The van der Waals surface area contributed by atoms with Crippen molar-refractivity contribution >= 4 is 11.8 Å². The molecule has 0 saturated heterocycles. The fraction of sp³-hybridized carbons (Fsp3) is 0.500. The Hall–Kier alpha value is -0.430. The molecule has 0 radical (unpaired) electrons. The van der Waals surface area contributed by atoms with E-state index in [0.717, 1.165) is 11.2 Å². The SMILES string of the molecule is CC(C)C1Cc2ccccc2CS1. The summed E-state index contributed by atoms with van der Waals surface area (Å²) in [5.74, 6) is 2.01. The molecule has 0 saturated carbocycles. The van der Waals surface area contributed by atoms with Crippen LogP contribution >= 0.6 is 11.8 Å². The molecule has 0 bridgehead atoms. The van der Waals surface area contributed by atoms with Crippen LogP contribution < -0.4 is 0 Å². The van der Waals surface area contributed by atoms with Crippen LogP contribution in [0.3, 0.4) is 0 Å². The van der Waals surface area contributed by atoms with Gasteiger partial charge in [-0.25, -0.2) is 0 Å². The average molecular weight is 192 g/mol. The Morgan fingerprint density at radius 2 is 1.92 bits per heavy atom. The Morgan fingerprint density at radius 1 is 1.23 bits per heavy atom. The molecule has 0 aliphatic carbocycles. The van der Waals surface area contributed by atoms with Gasteiger partial charge in [0, 0.05) is 11.0 Å². The smallest absolute Gasteiger partial charge is 0.0190 e. The number of thioether (sulfide) groups is 1. The number of hydrogen-bond acceptors (Lipinski definition) is 1. The lowest BCUT2D eigenvalue weighted by Crippen LogP contribution is -2.19. The molecule has 2 rings (SSSR count). The van der Waals surface area contributed by atoms with Gasteiger partial charge in [0.25, 0.3) is 0 Å². The molecule has 0 amide bonds. The maximum atomic E-state index is 2.33. The molecule has 1 unspecified atom stereocenters. The second kappa shape index (κ2) is 3.75. The molecule has 1 aliphatic heterocycles. The molecule has 0 fully saturated rings. The number of benzene rings is 1. The van der Waals surface area contributed by atoms with Crippen LogP contribution in [0.25, 0.3) is 0 Å². The standard InChI is InChI=1S/C12H16S/c1-9(2)12-7-10-5-3-4-6-11(10)8-13-12/h3-6,9,12H,7-8H2,1-2H3. The quantitative estimate of drug-likeness (QED) is 0.656. The van der Waals surface area contributed by atoms with Gasteiger partial charge in [0.2, 0.25) is 0 Å². The number of rotatable bonds is 1. The summed E-state index contributed by atoms with van der Waals surface area (Å²) in [6.45, 7) is 4.65. The van der Waals surface area contributed by atoms with E-state index in [4.69, 9.17) is 0 Å². The third kappa shape index (κ3) is 1.91. The summed E-state index contributed by atoms with van der Waals surface area (Å²) in [6.07, 6.45) is 1.26. The Kier molecular flexibility index (Phi) is 2.63. The first kappa shape index (κ1) is 9.14. The first-order valence-corrected chi connectivity index (χ1v) is 6.00. The largest absolute Gasteiger partial charge is 0.153 e. The lowest BCUT2D eigenvalue weighted by molar-refractivity contribution is 0.598.